The number of thiophene rings is 1. The lowest BCUT2D eigenvalue weighted by molar-refractivity contribution is 0.0895. The van der Waals surface area contributed by atoms with Crippen molar-refractivity contribution in [2.75, 3.05) is 14.2 Å². The molecule has 2 aromatic rings. The third kappa shape index (κ3) is 4.24. The molecule has 1 aliphatic rings. The summed E-state index contributed by atoms with van der Waals surface area (Å²) in [5.41, 5.74) is 0. The van der Waals surface area contributed by atoms with Crippen molar-refractivity contribution in [3.05, 3.63) is 39.5 Å². The summed E-state index contributed by atoms with van der Waals surface area (Å²) >= 11 is 7.39. The Morgan fingerprint density at radius 2 is 1.85 bits per heavy atom. The van der Waals surface area contributed by atoms with E-state index in [0.717, 1.165) is 25.7 Å². The molecule has 0 aliphatic heterocycles. The third-order valence-electron chi connectivity index (χ3n) is 4.49. The number of hydrogen-bond donors (Lipinski definition) is 1. The molecule has 5 nitrogen and oxygen atoms in total. The fraction of sp³-hybridized carbons (Fsp3) is 0.421. The maximum absolute atomic E-state index is 12.3. The minimum Gasteiger partial charge on any atom is -0.493 e. The van der Waals surface area contributed by atoms with Crippen molar-refractivity contribution in [3.63, 3.8) is 0 Å². The number of amides is 1. The van der Waals surface area contributed by atoms with Gasteiger partial charge in [-0.15, -0.1) is 11.3 Å². The summed E-state index contributed by atoms with van der Waals surface area (Å²) in [7, 11) is 3.21. The fourth-order valence-electron chi connectivity index (χ4n) is 3.16. The molecule has 0 bridgehead atoms. The lowest BCUT2D eigenvalue weighted by Crippen LogP contribution is -2.39. The van der Waals surface area contributed by atoms with E-state index in [1.165, 1.54) is 11.3 Å². The average Bonchev–Trinajstić information content (AvgIpc) is 3.09. The Bertz CT molecular complexity index is 756. The largest absolute Gasteiger partial charge is 0.493 e. The summed E-state index contributed by atoms with van der Waals surface area (Å²) in [5, 5.41) is 5.41. The minimum atomic E-state index is -0.0937. The van der Waals surface area contributed by atoms with E-state index in [4.69, 9.17) is 25.8 Å². The van der Waals surface area contributed by atoms with Gasteiger partial charge in [0.2, 0.25) is 5.75 Å². The first-order valence-corrected chi connectivity index (χ1v) is 9.79. The summed E-state index contributed by atoms with van der Waals surface area (Å²) < 4.78 is 16.9. The summed E-state index contributed by atoms with van der Waals surface area (Å²) in [6, 6.07) is 7.50. The highest BCUT2D eigenvalue weighted by molar-refractivity contribution is 7.12. The average molecular weight is 396 g/mol. The van der Waals surface area contributed by atoms with Gasteiger partial charge in [0.1, 0.15) is 4.88 Å². The van der Waals surface area contributed by atoms with Crippen molar-refractivity contribution in [2.45, 2.75) is 37.8 Å². The summed E-state index contributed by atoms with van der Waals surface area (Å²) in [5.74, 6) is 1.85. The molecule has 3 rings (SSSR count). The van der Waals surface area contributed by atoms with E-state index < -0.39 is 0 Å². The van der Waals surface area contributed by atoms with E-state index in [1.54, 1.807) is 20.3 Å². The van der Waals surface area contributed by atoms with Crippen LogP contribution >= 0.6 is 22.9 Å². The van der Waals surface area contributed by atoms with E-state index in [0.29, 0.717) is 27.1 Å². The first kappa shape index (κ1) is 18.9. The van der Waals surface area contributed by atoms with Crippen LogP contribution in [0.3, 0.4) is 0 Å². The van der Waals surface area contributed by atoms with Crippen molar-refractivity contribution in [1.29, 1.82) is 0 Å². The van der Waals surface area contributed by atoms with Crippen LogP contribution in [-0.4, -0.2) is 32.3 Å². The van der Waals surface area contributed by atoms with Crippen LogP contribution in [0.2, 0.25) is 5.02 Å². The van der Waals surface area contributed by atoms with Crippen LogP contribution in [0.1, 0.15) is 35.4 Å². The second-order valence-electron chi connectivity index (χ2n) is 6.15. The van der Waals surface area contributed by atoms with Gasteiger partial charge in [0.25, 0.3) is 5.91 Å². The zero-order chi connectivity index (χ0) is 18.5. The minimum absolute atomic E-state index is 0.0921. The quantitative estimate of drug-likeness (QED) is 0.780. The van der Waals surface area contributed by atoms with Gasteiger partial charge in [0, 0.05) is 6.04 Å². The van der Waals surface area contributed by atoms with Gasteiger partial charge in [-0.2, -0.15) is 0 Å². The number of ether oxygens (including phenoxy) is 3. The smallest absolute Gasteiger partial charge is 0.263 e. The highest BCUT2D eigenvalue weighted by Gasteiger charge is 2.26. The van der Waals surface area contributed by atoms with Crippen LogP contribution in [0.15, 0.2) is 29.6 Å². The van der Waals surface area contributed by atoms with Crippen LogP contribution in [0.4, 0.5) is 0 Å². The van der Waals surface area contributed by atoms with Crippen molar-refractivity contribution in [2.24, 2.45) is 0 Å². The predicted octanol–water partition coefficient (Wildman–Crippen LogP) is 4.54. The van der Waals surface area contributed by atoms with Gasteiger partial charge in [0.15, 0.2) is 11.5 Å². The molecule has 140 valence electrons. The lowest BCUT2D eigenvalue weighted by Gasteiger charge is -2.30. The molecule has 1 N–H and O–H groups in total. The highest BCUT2D eigenvalue weighted by atomic mass is 35.5. The topological polar surface area (TPSA) is 56.8 Å². The fourth-order valence-corrected chi connectivity index (χ4v) is 4.21. The molecule has 1 saturated carbocycles. The normalized spacial score (nSPS) is 19.7. The number of benzene rings is 1. The van der Waals surface area contributed by atoms with Gasteiger partial charge in [-0.3, -0.25) is 4.79 Å². The van der Waals surface area contributed by atoms with Gasteiger partial charge in [0.05, 0.1) is 25.3 Å². The Kier molecular flexibility index (Phi) is 6.27. The van der Waals surface area contributed by atoms with E-state index >= 15 is 0 Å². The highest BCUT2D eigenvalue weighted by Crippen LogP contribution is 2.38. The number of para-hydroxylation sites is 1. The molecular weight excluding hydrogens is 374 g/mol. The standard InChI is InChI=1S/C19H22ClNO4S/c1-23-15-4-3-5-16(17(15)24-2)25-13-8-6-12(7-9-13)21-19(22)18-14(20)10-11-26-18/h3-5,10-13H,6-9H2,1-2H3,(H,21,22). The van der Waals surface area contributed by atoms with Crippen LogP contribution in [0.5, 0.6) is 17.2 Å². The Morgan fingerprint density at radius 3 is 2.46 bits per heavy atom. The molecule has 7 heteroatoms. The van der Waals surface area contributed by atoms with Crippen molar-refractivity contribution >= 4 is 28.8 Å². The maximum Gasteiger partial charge on any atom is 0.263 e. The van der Waals surface area contributed by atoms with Gasteiger partial charge >= 0.3 is 0 Å². The zero-order valence-electron chi connectivity index (χ0n) is 14.8. The molecule has 1 aliphatic carbocycles. The first-order valence-electron chi connectivity index (χ1n) is 8.54. The molecule has 0 unspecified atom stereocenters. The van der Waals surface area contributed by atoms with Crippen molar-refractivity contribution in [3.8, 4) is 17.2 Å². The number of carbonyl (C=O) groups is 1. The number of nitrogens with one attached hydrogen (secondary N) is 1. The second kappa shape index (κ2) is 8.64. The Labute approximate surface area is 162 Å². The molecule has 1 aromatic heterocycles. The molecule has 1 amide bonds. The maximum atomic E-state index is 12.3. The first-order chi connectivity index (χ1) is 12.6. The SMILES string of the molecule is COc1cccc(OC2CCC(NC(=O)c3sccc3Cl)CC2)c1OC. The molecule has 0 spiro atoms. The molecule has 26 heavy (non-hydrogen) atoms. The van der Waals surface area contributed by atoms with Gasteiger partial charge < -0.3 is 19.5 Å². The molecular formula is C19H22ClNO4S. The van der Waals surface area contributed by atoms with Crippen molar-refractivity contribution < 1.29 is 19.0 Å². The summed E-state index contributed by atoms with van der Waals surface area (Å²) in [6.45, 7) is 0. The van der Waals surface area contributed by atoms with E-state index in [2.05, 4.69) is 5.32 Å². The Hall–Kier alpha value is -1.92. The summed E-state index contributed by atoms with van der Waals surface area (Å²) in [6.07, 6.45) is 3.55. The van der Waals surface area contributed by atoms with Crippen LogP contribution < -0.4 is 19.5 Å². The number of hydrogen-bond acceptors (Lipinski definition) is 5. The second-order valence-corrected chi connectivity index (χ2v) is 7.48. The monoisotopic (exact) mass is 395 g/mol. The predicted molar refractivity (Wildman–Crippen MR) is 103 cm³/mol. The Balaban J connectivity index is 1.54. The molecule has 0 radical (unpaired) electrons. The number of rotatable bonds is 6. The molecule has 0 atom stereocenters. The van der Waals surface area contributed by atoms with Crippen LogP contribution in [0, 0.1) is 0 Å². The molecule has 0 saturated heterocycles. The number of halogens is 1. The number of methoxy groups -OCH3 is 2. The van der Waals surface area contributed by atoms with E-state index in [-0.39, 0.29) is 18.1 Å². The van der Waals surface area contributed by atoms with Crippen LogP contribution in [-0.2, 0) is 0 Å². The zero-order valence-corrected chi connectivity index (χ0v) is 16.4. The van der Waals surface area contributed by atoms with E-state index in [9.17, 15) is 4.79 Å². The van der Waals surface area contributed by atoms with E-state index in [1.807, 2.05) is 23.6 Å². The number of carbonyl (C=O) groups excluding carboxylic acids is 1. The molecule has 1 heterocycles. The molecule has 1 fully saturated rings. The lowest BCUT2D eigenvalue weighted by atomic mass is 9.93. The van der Waals surface area contributed by atoms with Crippen molar-refractivity contribution in [1.82, 2.24) is 5.32 Å². The molecule has 1 aromatic carbocycles. The van der Waals surface area contributed by atoms with Gasteiger partial charge in [-0.1, -0.05) is 17.7 Å². The van der Waals surface area contributed by atoms with Gasteiger partial charge in [-0.25, -0.2) is 0 Å². The van der Waals surface area contributed by atoms with Gasteiger partial charge in [-0.05, 0) is 49.3 Å². The third-order valence-corrected chi connectivity index (χ3v) is 5.83. The summed E-state index contributed by atoms with van der Waals surface area (Å²) in [4.78, 5) is 12.8. The van der Waals surface area contributed by atoms with Crippen LogP contribution in [0.25, 0.3) is 0 Å². The Morgan fingerprint density at radius 1 is 1.12 bits per heavy atom.